The van der Waals surface area contributed by atoms with Gasteiger partial charge >= 0.3 is 0 Å². The van der Waals surface area contributed by atoms with Crippen molar-refractivity contribution in [3.8, 4) is 5.82 Å². The average Bonchev–Trinajstić information content (AvgIpc) is 3.25. The summed E-state index contributed by atoms with van der Waals surface area (Å²) >= 11 is 5.17. The summed E-state index contributed by atoms with van der Waals surface area (Å²) in [5.74, 6) is 1.38. The van der Waals surface area contributed by atoms with Crippen molar-refractivity contribution in [2.75, 3.05) is 6.54 Å². The standard InChI is InChI=1S/C17H21N7OS/c1-3-13-12(11-20-24(13)14-7-5-6-9-18-14)16(25)19-10-8-15-21-22-17(26)23(15)4-2/h5-7,9,11H,3-4,8,10H2,1-2H3,(H,19,25)(H,22,26). The molecular weight excluding hydrogens is 350 g/mol. The van der Waals surface area contributed by atoms with Crippen LogP contribution in [0.5, 0.6) is 0 Å². The van der Waals surface area contributed by atoms with Gasteiger partial charge in [0.15, 0.2) is 10.6 Å². The number of aromatic amines is 1. The summed E-state index contributed by atoms with van der Waals surface area (Å²) in [6.07, 6.45) is 4.57. The lowest BCUT2D eigenvalue weighted by molar-refractivity contribution is 0.0953. The summed E-state index contributed by atoms with van der Waals surface area (Å²) in [4.78, 5) is 16.9. The number of carbonyl (C=O) groups is 1. The van der Waals surface area contributed by atoms with E-state index >= 15 is 0 Å². The molecule has 0 atom stereocenters. The number of rotatable bonds is 7. The Hall–Kier alpha value is -2.81. The van der Waals surface area contributed by atoms with E-state index in [9.17, 15) is 4.79 Å². The van der Waals surface area contributed by atoms with Crippen molar-refractivity contribution in [2.45, 2.75) is 33.2 Å². The molecule has 8 nitrogen and oxygen atoms in total. The number of carbonyl (C=O) groups excluding carboxylic acids is 1. The Labute approximate surface area is 156 Å². The molecule has 1 amide bonds. The van der Waals surface area contributed by atoms with Gasteiger partial charge in [0, 0.05) is 25.7 Å². The summed E-state index contributed by atoms with van der Waals surface area (Å²) in [5, 5.41) is 14.3. The van der Waals surface area contributed by atoms with Crippen LogP contribution >= 0.6 is 12.2 Å². The number of amides is 1. The Morgan fingerprint density at radius 3 is 2.88 bits per heavy atom. The number of aromatic nitrogens is 6. The van der Waals surface area contributed by atoms with Crippen LogP contribution in [0.4, 0.5) is 0 Å². The summed E-state index contributed by atoms with van der Waals surface area (Å²) in [6.45, 7) is 5.21. The molecule has 0 fully saturated rings. The first-order valence-electron chi connectivity index (χ1n) is 8.56. The van der Waals surface area contributed by atoms with Crippen LogP contribution in [-0.4, -0.2) is 42.0 Å². The highest BCUT2D eigenvalue weighted by atomic mass is 32.1. The monoisotopic (exact) mass is 371 g/mol. The lowest BCUT2D eigenvalue weighted by atomic mass is 10.2. The van der Waals surface area contributed by atoms with E-state index in [0.717, 1.165) is 18.1 Å². The molecule has 0 aliphatic heterocycles. The molecule has 3 aromatic rings. The number of hydrogen-bond donors (Lipinski definition) is 2. The van der Waals surface area contributed by atoms with Gasteiger partial charge in [-0.1, -0.05) is 13.0 Å². The lowest BCUT2D eigenvalue weighted by Crippen LogP contribution is -2.27. The minimum absolute atomic E-state index is 0.152. The molecular formula is C17H21N7OS. The summed E-state index contributed by atoms with van der Waals surface area (Å²) in [7, 11) is 0. The first kappa shape index (κ1) is 18.0. The zero-order chi connectivity index (χ0) is 18.5. The SMILES string of the molecule is CCc1c(C(=O)NCCc2n[nH]c(=S)n2CC)cnn1-c1ccccn1. The largest absolute Gasteiger partial charge is 0.351 e. The molecule has 0 saturated heterocycles. The van der Waals surface area contributed by atoms with Gasteiger partial charge in [-0.15, -0.1) is 0 Å². The lowest BCUT2D eigenvalue weighted by Gasteiger charge is -2.08. The Kier molecular flexibility index (Phi) is 5.57. The summed E-state index contributed by atoms with van der Waals surface area (Å²) < 4.78 is 4.22. The molecule has 0 spiro atoms. The number of nitrogens with one attached hydrogen (secondary N) is 2. The third-order valence-corrected chi connectivity index (χ3v) is 4.41. The van der Waals surface area contributed by atoms with Gasteiger partial charge in [0.25, 0.3) is 5.91 Å². The molecule has 3 rings (SSSR count). The predicted molar refractivity (Wildman–Crippen MR) is 99.9 cm³/mol. The first-order valence-corrected chi connectivity index (χ1v) is 8.97. The first-order chi connectivity index (χ1) is 12.7. The van der Waals surface area contributed by atoms with Gasteiger partial charge in [-0.05, 0) is 37.7 Å². The van der Waals surface area contributed by atoms with Gasteiger partial charge in [-0.3, -0.25) is 9.89 Å². The van der Waals surface area contributed by atoms with Crippen molar-refractivity contribution in [1.82, 2.24) is 34.8 Å². The van der Waals surface area contributed by atoms with Crippen molar-refractivity contribution in [1.29, 1.82) is 0 Å². The maximum absolute atomic E-state index is 12.6. The number of nitrogens with zero attached hydrogens (tertiary/aromatic N) is 5. The third-order valence-electron chi connectivity index (χ3n) is 4.10. The van der Waals surface area contributed by atoms with E-state index in [2.05, 4.69) is 25.6 Å². The molecule has 0 aliphatic carbocycles. The van der Waals surface area contributed by atoms with Gasteiger partial charge in [0.1, 0.15) is 5.82 Å². The van der Waals surface area contributed by atoms with E-state index in [1.54, 1.807) is 17.1 Å². The van der Waals surface area contributed by atoms with E-state index in [0.29, 0.717) is 35.5 Å². The van der Waals surface area contributed by atoms with E-state index < -0.39 is 0 Å². The fraction of sp³-hybridized carbons (Fsp3) is 0.353. The highest BCUT2D eigenvalue weighted by molar-refractivity contribution is 7.71. The topological polar surface area (TPSA) is 93.4 Å². The Balaban J connectivity index is 1.70. The van der Waals surface area contributed by atoms with Crippen LogP contribution in [0.15, 0.2) is 30.6 Å². The molecule has 0 saturated carbocycles. The van der Waals surface area contributed by atoms with Crippen molar-refractivity contribution in [3.63, 3.8) is 0 Å². The average molecular weight is 371 g/mol. The quantitative estimate of drug-likeness (QED) is 0.620. The minimum atomic E-state index is -0.152. The molecule has 0 bridgehead atoms. The molecule has 136 valence electrons. The van der Waals surface area contributed by atoms with Crippen molar-refractivity contribution in [2.24, 2.45) is 0 Å². The molecule has 0 radical (unpaired) electrons. The molecule has 3 aromatic heterocycles. The van der Waals surface area contributed by atoms with Crippen LogP contribution in [0.3, 0.4) is 0 Å². The Morgan fingerprint density at radius 2 is 2.19 bits per heavy atom. The summed E-state index contributed by atoms with van der Waals surface area (Å²) in [6, 6.07) is 5.60. The zero-order valence-corrected chi connectivity index (χ0v) is 15.6. The van der Waals surface area contributed by atoms with Crippen LogP contribution < -0.4 is 5.32 Å². The van der Waals surface area contributed by atoms with Gasteiger partial charge in [0.05, 0.1) is 17.5 Å². The second kappa shape index (κ2) is 8.05. The van der Waals surface area contributed by atoms with Crippen LogP contribution in [0, 0.1) is 4.77 Å². The van der Waals surface area contributed by atoms with E-state index in [4.69, 9.17) is 12.2 Å². The van der Waals surface area contributed by atoms with Crippen LogP contribution in [0.2, 0.25) is 0 Å². The van der Waals surface area contributed by atoms with Gasteiger partial charge < -0.3 is 9.88 Å². The van der Waals surface area contributed by atoms with Crippen LogP contribution in [-0.2, 0) is 19.4 Å². The fourth-order valence-corrected chi connectivity index (χ4v) is 3.11. The maximum Gasteiger partial charge on any atom is 0.254 e. The second-order valence-corrected chi connectivity index (χ2v) is 6.04. The maximum atomic E-state index is 12.6. The van der Waals surface area contributed by atoms with E-state index in [1.807, 2.05) is 36.6 Å². The van der Waals surface area contributed by atoms with E-state index in [-0.39, 0.29) is 5.91 Å². The Bertz CT molecular complexity index is 942. The minimum Gasteiger partial charge on any atom is -0.351 e. The highest BCUT2D eigenvalue weighted by Crippen LogP contribution is 2.14. The Morgan fingerprint density at radius 1 is 1.35 bits per heavy atom. The van der Waals surface area contributed by atoms with Gasteiger partial charge in [-0.2, -0.15) is 10.2 Å². The smallest absolute Gasteiger partial charge is 0.254 e. The van der Waals surface area contributed by atoms with Gasteiger partial charge in [0.2, 0.25) is 0 Å². The van der Waals surface area contributed by atoms with Crippen molar-refractivity contribution in [3.05, 3.63) is 52.4 Å². The molecule has 9 heteroatoms. The molecule has 3 heterocycles. The molecule has 0 aliphatic rings. The number of H-pyrrole nitrogens is 1. The molecule has 0 aromatic carbocycles. The van der Waals surface area contributed by atoms with Crippen LogP contribution in [0.25, 0.3) is 5.82 Å². The normalized spacial score (nSPS) is 10.8. The van der Waals surface area contributed by atoms with Crippen LogP contribution in [0.1, 0.15) is 35.7 Å². The molecule has 0 unspecified atom stereocenters. The predicted octanol–water partition coefficient (Wildman–Crippen LogP) is 2.08. The molecule has 2 N–H and O–H groups in total. The highest BCUT2D eigenvalue weighted by Gasteiger charge is 2.17. The molecule has 26 heavy (non-hydrogen) atoms. The third kappa shape index (κ3) is 3.57. The fourth-order valence-electron chi connectivity index (χ4n) is 2.83. The van der Waals surface area contributed by atoms with Crippen molar-refractivity contribution < 1.29 is 4.79 Å². The van der Waals surface area contributed by atoms with Crippen molar-refractivity contribution >= 4 is 18.1 Å². The van der Waals surface area contributed by atoms with E-state index in [1.165, 1.54) is 0 Å². The summed E-state index contributed by atoms with van der Waals surface area (Å²) in [5.41, 5.74) is 1.39. The van der Waals surface area contributed by atoms with Gasteiger partial charge in [-0.25, -0.2) is 9.67 Å². The number of pyridine rings is 1. The zero-order valence-electron chi connectivity index (χ0n) is 14.8. The second-order valence-electron chi connectivity index (χ2n) is 5.65. The number of hydrogen-bond acceptors (Lipinski definition) is 5.